The van der Waals surface area contributed by atoms with Gasteiger partial charge in [0.2, 0.25) is 0 Å². The summed E-state index contributed by atoms with van der Waals surface area (Å²) >= 11 is 4.13. The van der Waals surface area contributed by atoms with Crippen LogP contribution in [0, 0.1) is 0 Å². The molecule has 0 saturated heterocycles. The second-order valence-electron chi connectivity index (χ2n) is 1.16. The molecule has 0 fully saturated rings. The van der Waals surface area contributed by atoms with E-state index in [4.69, 9.17) is 0 Å². The Morgan fingerprint density at radius 1 is 1.44 bits per heavy atom. The van der Waals surface area contributed by atoms with Gasteiger partial charge in [0, 0.05) is 0 Å². The van der Waals surface area contributed by atoms with E-state index < -0.39 is 15.7 Å². The standard InChI is InChI=1S/C3HBr2F3O/c4-3(5,8)1(9)2(6)7/h2H. The molecule has 0 saturated carbocycles. The molecule has 54 valence electrons. The van der Waals surface area contributed by atoms with Crippen molar-refractivity contribution in [3.05, 3.63) is 0 Å². The highest BCUT2D eigenvalue weighted by atomic mass is 79.9. The van der Waals surface area contributed by atoms with Gasteiger partial charge in [-0.15, -0.1) is 0 Å². The van der Waals surface area contributed by atoms with E-state index in [1.165, 1.54) is 0 Å². The van der Waals surface area contributed by atoms with Crippen molar-refractivity contribution in [3.8, 4) is 0 Å². The van der Waals surface area contributed by atoms with Gasteiger partial charge < -0.3 is 0 Å². The van der Waals surface area contributed by atoms with E-state index in [2.05, 4.69) is 31.9 Å². The highest BCUT2D eigenvalue weighted by Crippen LogP contribution is 2.30. The summed E-state index contributed by atoms with van der Waals surface area (Å²) in [5.74, 6) is -1.83. The Kier molecular flexibility index (Phi) is 3.15. The molecule has 0 aromatic heterocycles. The molecule has 0 aromatic carbocycles. The maximum absolute atomic E-state index is 12.0. The molecule has 0 heterocycles. The van der Waals surface area contributed by atoms with Crippen molar-refractivity contribution in [2.45, 2.75) is 9.91 Å². The number of carbonyl (C=O) groups is 1. The monoisotopic (exact) mass is 268 g/mol. The number of carbonyl (C=O) groups excluding carboxylic acids is 1. The minimum Gasteiger partial charge on any atom is -0.288 e. The molecule has 0 atom stereocenters. The largest absolute Gasteiger partial charge is 0.301 e. The van der Waals surface area contributed by atoms with Crippen LogP contribution in [-0.2, 0) is 4.79 Å². The Hall–Kier alpha value is 0.420. The number of ketones is 1. The molecule has 0 aliphatic heterocycles. The molecular weight excluding hydrogens is 269 g/mol. The molecule has 0 bridgehead atoms. The van der Waals surface area contributed by atoms with E-state index in [9.17, 15) is 18.0 Å². The van der Waals surface area contributed by atoms with Crippen molar-refractivity contribution in [2.24, 2.45) is 0 Å². The summed E-state index contributed by atoms with van der Waals surface area (Å²) in [6.07, 6.45) is -3.30. The number of alkyl halides is 5. The third-order valence-corrected chi connectivity index (χ3v) is 1.26. The highest BCUT2D eigenvalue weighted by Gasteiger charge is 2.37. The van der Waals surface area contributed by atoms with E-state index in [0.717, 1.165) is 0 Å². The third-order valence-electron chi connectivity index (χ3n) is 0.478. The van der Waals surface area contributed by atoms with Gasteiger partial charge in [0.15, 0.2) is 0 Å². The van der Waals surface area contributed by atoms with Crippen LogP contribution in [0.5, 0.6) is 0 Å². The Balaban J connectivity index is 4.06. The summed E-state index contributed by atoms with van der Waals surface area (Å²) in [5.41, 5.74) is 0. The lowest BCUT2D eigenvalue weighted by molar-refractivity contribution is -0.132. The normalized spacial score (nSPS) is 12.2. The second-order valence-corrected chi connectivity index (χ2v) is 4.41. The second kappa shape index (κ2) is 3.01. The zero-order valence-electron chi connectivity index (χ0n) is 3.88. The molecule has 0 aromatic rings. The Morgan fingerprint density at radius 2 is 1.78 bits per heavy atom. The predicted octanol–water partition coefficient (Wildman–Crippen LogP) is 2.23. The molecular formula is C3HBr2F3O. The number of Topliss-reactive ketones (excluding diaryl/α,β-unsaturated/α-hetero) is 1. The fourth-order valence-electron chi connectivity index (χ4n) is 0.124. The average Bonchev–Trinajstić information content (AvgIpc) is 1.62. The van der Waals surface area contributed by atoms with Gasteiger partial charge in [0.25, 0.3) is 9.27 Å². The molecule has 0 spiro atoms. The number of hydrogen-bond acceptors (Lipinski definition) is 1. The fraction of sp³-hybridized carbons (Fsp3) is 0.667. The van der Waals surface area contributed by atoms with Gasteiger partial charge in [0.05, 0.1) is 0 Å². The Morgan fingerprint density at radius 3 is 1.78 bits per heavy atom. The summed E-state index contributed by atoms with van der Waals surface area (Å²) in [7, 11) is 0. The zero-order valence-corrected chi connectivity index (χ0v) is 7.05. The third kappa shape index (κ3) is 3.20. The molecule has 0 radical (unpaired) electrons. The van der Waals surface area contributed by atoms with Gasteiger partial charge in [-0.3, -0.25) is 4.79 Å². The van der Waals surface area contributed by atoms with Crippen molar-refractivity contribution in [3.63, 3.8) is 0 Å². The fourth-order valence-corrected chi connectivity index (χ4v) is 0.470. The molecule has 0 unspecified atom stereocenters. The maximum atomic E-state index is 12.0. The van der Waals surface area contributed by atoms with Gasteiger partial charge in [-0.2, -0.15) is 0 Å². The van der Waals surface area contributed by atoms with E-state index in [0.29, 0.717) is 0 Å². The van der Waals surface area contributed by atoms with E-state index in [1.807, 2.05) is 0 Å². The lowest BCUT2D eigenvalue weighted by Gasteiger charge is -2.05. The van der Waals surface area contributed by atoms with Crippen molar-refractivity contribution < 1.29 is 18.0 Å². The molecule has 0 aliphatic rings. The summed E-state index contributed by atoms with van der Waals surface area (Å²) in [6, 6.07) is 0. The molecule has 0 N–H and O–H groups in total. The lowest BCUT2D eigenvalue weighted by atomic mass is 10.5. The molecule has 0 aliphatic carbocycles. The van der Waals surface area contributed by atoms with Crippen molar-refractivity contribution in [2.75, 3.05) is 0 Å². The average molecular weight is 270 g/mol. The van der Waals surface area contributed by atoms with Crippen LogP contribution in [-0.4, -0.2) is 15.7 Å². The number of rotatable bonds is 2. The minimum atomic E-state index is -3.30. The molecule has 0 amide bonds. The lowest BCUT2D eigenvalue weighted by Crippen LogP contribution is -2.25. The SMILES string of the molecule is O=C(C(F)F)C(F)(Br)Br. The van der Waals surface area contributed by atoms with Gasteiger partial charge in [-0.1, -0.05) is 0 Å². The van der Waals surface area contributed by atoms with E-state index in [1.54, 1.807) is 0 Å². The van der Waals surface area contributed by atoms with E-state index >= 15 is 0 Å². The molecule has 1 nitrogen and oxygen atoms in total. The van der Waals surface area contributed by atoms with Gasteiger partial charge in [-0.05, 0) is 31.9 Å². The Labute approximate surface area is 65.9 Å². The molecule has 9 heavy (non-hydrogen) atoms. The van der Waals surface area contributed by atoms with Crippen LogP contribution in [0.3, 0.4) is 0 Å². The quantitative estimate of drug-likeness (QED) is 0.703. The smallest absolute Gasteiger partial charge is 0.288 e. The van der Waals surface area contributed by atoms with Crippen LogP contribution in [0.1, 0.15) is 0 Å². The van der Waals surface area contributed by atoms with Gasteiger partial charge in [0.1, 0.15) is 0 Å². The first-order chi connectivity index (χ1) is 3.85. The highest BCUT2D eigenvalue weighted by molar-refractivity contribution is 9.25. The topological polar surface area (TPSA) is 17.1 Å². The van der Waals surface area contributed by atoms with Crippen molar-refractivity contribution in [1.82, 2.24) is 0 Å². The van der Waals surface area contributed by atoms with Crippen LogP contribution in [0.25, 0.3) is 0 Å². The molecule has 0 rings (SSSR count). The number of hydrogen-bond donors (Lipinski definition) is 0. The predicted molar refractivity (Wildman–Crippen MR) is 32.7 cm³/mol. The van der Waals surface area contributed by atoms with E-state index in [-0.39, 0.29) is 0 Å². The number of halogens is 5. The van der Waals surface area contributed by atoms with Crippen LogP contribution in [0.2, 0.25) is 0 Å². The first-order valence-electron chi connectivity index (χ1n) is 1.75. The van der Waals surface area contributed by atoms with Crippen LogP contribution >= 0.6 is 31.9 Å². The Bertz CT molecular complexity index is 119. The van der Waals surface area contributed by atoms with Crippen LogP contribution < -0.4 is 0 Å². The van der Waals surface area contributed by atoms with Crippen LogP contribution in [0.15, 0.2) is 0 Å². The van der Waals surface area contributed by atoms with Gasteiger partial charge in [-0.25, -0.2) is 13.2 Å². The first-order valence-corrected chi connectivity index (χ1v) is 3.33. The van der Waals surface area contributed by atoms with Crippen LogP contribution in [0.4, 0.5) is 13.2 Å². The van der Waals surface area contributed by atoms with Gasteiger partial charge >= 0.3 is 6.43 Å². The summed E-state index contributed by atoms with van der Waals surface area (Å²) in [4.78, 5) is 9.95. The summed E-state index contributed by atoms with van der Waals surface area (Å²) in [5, 5.41) is 0. The molecule has 6 heteroatoms. The van der Waals surface area contributed by atoms with Crippen molar-refractivity contribution >= 4 is 37.6 Å². The summed E-state index contributed by atoms with van der Waals surface area (Å²) in [6.45, 7) is 0. The van der Waals surface area contributed by atoms with Crippen molar-refractivity contribution in [1.29, 1.82) is 0 Å². The minimum absolute atomic E-state index is 1.83. The zero-order chi connectivity index (χ0) is 7.65. The first kappa shape index (κ1) is 9.42. The maximum Gasteiger partial charge on any atom is 0.301 e. The summed E-state index contributed by atoms with van der Waals surface area (Å²) < 4.78 is 31.8.